The third-order valence-corrected chi connectivity index (χ3v) is 7.67. The average Bonchev–Trinajstić information content (AvgIpc) is 2.77. The van der Waals surface area contributed by atoms with E-state index in [1.165, 1.54) is 0 Å². The summed E-state index contributed by atoms with van der Waals surface area (Å²) in [6.07, 6.45) is -0.185. The summed E-state index contributed by atoms with van der Waals surface area (Å²) in [5.74, 6) is -6.99. The van der Waals surface area contributed by atoms with E-state index in [4.69, 9.17) is 5.73 Å². The zero-order chi connectivity index (χ0) is 25.8. The number of carbonyl (C=O) groups excluding carboxylic acids is 3. The highest BCUT2D eigenvalue weighted by atomic mass is 16.3. The molecule has 1 saturated carbocycles. The molecule has 5 atom stereocenters. The summed E-state index contributed by atoms with van der Waals surface area (Å²) in [5, 5.41) is 47.2. The van der Waals surface area contributed by atoms with E-state index in [0.717, 1.165) is 18.7 Å². The highest BCUT2D eigenvalue weighted by Crippen LogP contribution is 2.52. The lowest BCUT2D eigenvalue weighted by atomic mass is 9.57. The van der Waals surface area contributed by atoms with Gasteiger partial charge in [-0.2, -0.15) is 0 Å². The van der Waals surface area contributed by atoms with E-state index in [0.29, 0.717) is 24.1 Å². The number of carbonyl (C=O) groups is 3. The Labute approximate surface area is 203 Å². The van der Waals surface area contributed by atoms with Crippen LogP contribution in [0.1, 0.15) is 47.7 Å². The van der Waals surface area contributed by atoms with Gasteiger partial charge in [0.25, 0.3) is 0 Å². The molecule has 4 rings (SSSR count). The van der Waals surface area contributed by atoms with Gasteiger partial charge in [-0.05, 0) is 49.8 Å². The van der Waals surface area contributed by atoms with E-state index >= 15 is 0 Å². The third kappa shape index (κ3) is 3.71. The fourth-order valence-corrected chi connectivity index (χ4v) is 5.96. The summed E-state index contributed by atoms with van der Waals surface area (Å²) in [7, 11) is 3.67. The molecule has 1 fully saturated rings. The first-order valence-corrected chi connectivity index (χ1v) is 11.9. The van der Waals surface area contributed by atoms with Gasteiger partial charge in [-0.1, -0.05) is 6.92 Å². The van der Waals surface area contributed by atoms with Crippen LogP contribution in [0.4, 0.5) is 5.69 Å². The molecule has 3 aliphatic rings. The second-order valence-corrected chi connectivity index (χ2v) is 10.1. The van der Waals surface area contributed by atoms with Crippen molar-refractivity contribution in [2.45, 2.75) is 50.9 Å². The summed E-state index contributed by atoms with van der Waals surface area (Å²) >= 11 is 0. The number of fused-ring (bicyclic) bond motifs is 3. The van der Waals surface area contributed by atoms with E-state index in [9.17, 15) is 34.8 Å². The maximum atomic E-state index is 13.8. The molecule has 0 aromatic heterocycles. The Balaban J connectivity index is 1.86. The maximum absolute atomic E-state index is 13.8. The number of primary amides is 1. The van der Waals surface area contributed by atoms with Gasteiger partial charge in [0, 0.05) is 43.4 Å². The largest absolute Gasteiger partial charge is 0.508 e. The SMILES string of the molecule is CCCNCc1cc(N(C)C)c2c(c1O)C(=O)C1=C(O)[C@]3(O)C(=O)C(C(N)=O)C(O)C[C@@H]3C[C@@H]1C2. The topological polar surface area (TPSA) is 173 Å². The van der Waals surface area contributed by atoms with Crippen LogP contribution in [-0.2, 0) is 22.6 Å². The molecule has 0 radical (unpaired) electrons. The van der Waals surface area contributed by atoms with Crippen molar-refractivity contribution < 1.29 is 34.8 Å². The number of aliphatic hydroxyl groups excluding tert-OH is 2. The van der Waals surface area contributed by atoms with Crippen molar-refractivity contribution in [2.24, 2.45) is 23.5 Å². The number of nitrogens with two attached hydrogens (primary N) is 1. The summed E-state index contributed by atoms with van der Waals surface area (Å²) < 4.78 is 0. The predicted molar refractivity (Wildman–Crippen MR) is 127 cm³/mol. The van der Waals surface area contributed by atoms with Gasteiger partial charge in [0.15, 0.2) is 17.2 Å². The Morgan fingerprint density at radius 2 is 1.94 bits per heavy atom. The van der Waals surface area contributed by atoms with E-state index < -0.39 is 52.7 Å². The van der Waals surface area contributed by atoms with Crippen LogP contribution in [0.2, 0.25) is 0 Å². The van der Waals surface area contributed by atoms with Crippen LogP contribution in [0.25, 0.3) is 0 Å². The Morgan fingerprint density at radius 3 is 2.54 bits per heavy atom. The minimum absolute atomic E-state index is 0.0408. The van der Waals surface area contributed by atoms with Gasteiger partial charge in [-0.3, -0.25) is 14.4 Å². The van der Waals surface area contributed by atoms with Crippen molar-refractivity contribution >= 4 is 23.2 Å². The Morgan fingerprint density at radius 1 is 1.26 bits per heavy atom. The molecule has 190 valence electrons. The predicted octanol–water partition coefficient (Wildman–Crippen LogP) is 0.311. The molecule has 2 unspecified atom stereocenters. The number of phenols is 1. The monoisotopic (exact) mass is 487 g/mol. The van der Waals surface area contributed by atoms with Crippen molar-refractivity contribution in [3.63, 3.8) is 0 Å². The molecule has 1 amide bonds. The number of Topliss-reactive ketones (excluding diaryl/α,β-unsaturated/α-hetero) is 2. The molecule has 1 aromatic rings. The van der Waals surface area contributed by atoms with Crippen LogP contribution in [0, 0.1) is 17.8 Å². The number of aromatic hydroxyl groups is 1. The summed E-state index contributed by atoms with van der Waals surface area (Å²) in [6, 6.07) is 1.84. The summed E-state index contributed by atoms with van der Waals surface area (Å²) in [6.45, 7) is 3.07. The number of aliphatic hydroxyl groups is 3. The van der Waals surface area contributed by atoms with Crippen molar-refractivity contribution in [3.8, 4) is 5.75 Å². The molecule has 7 N–H and O–H groups in total. The van der Waals surface area contributed by atoms with Crippen molar-refractivity contribution in [3.05, 3.63) is 34.1 Å². The van der Waals surface area contributed by atoms with Gasteiger partial charge < -0.3 is 36.4 Å². The number of rotatable bonds is 6. The smallest absolute Gasteiger partial charge is 0.230 e. The van der Waals surface area contributed by atoms with E-state index in [1.807, 2.05) is 32.0 Å². The second-order valence-electron chi connectivity index (χ2n) is 10.1. The maximum Gasteiger partial charge on any atom is 0.230 e. The number of anilines is 1. The van der Waals surface area contributed by atoms with E-state index in [2.05, 4.69) is 5.32 Å². The molecule has 0 spiro atoms. The van der Waals surface area contributed by atoms with Crippen molar-refractivity contribution in [2.75, 3.05) is 25.5 Å². The zero-order valence-electron chi connectivity index (χ0n) is 20.2. The highest BCUT2D eigenvalue weighted by molar-refractivity contribution is 6.16. The minimum Gasteiger partial charge on any atom is -0.508 e. The van der Waals surface area contributed by atoms with Crippen LogP contribution in [-0.4, -0.2) is 70.2 Å². The number of allylic oxidation sites excluding steroid dienone is 1. The quantitative estimate of drug-likeness (QED) is 0.244. The standard InChI is InChI=1S/C25H33N3O7/c1-4-5-27-10-12-8-15(28(2)3)14-7-11-6-13-9-16(29)19(24(26)34)23(33)25(13,35)22(32)17(11)21(31)18(14)20(12)30/h8,11,13,16,19,27,29-30,32,35H,4-7,9-10H2,1-3H3,(H2,26,34)/t11-,13+,16?,19?,25+/m1/s1. The molecule has 10 heteroatoms. The van der Waals surface area contributed by atoms with Gasteiger partial charge >= 0.3 is 0 Å². The Kier molecular flexibility index (Phi) is 6.41. The number of benzene rings is 1. The van der Waals surface area contributed by atoms with Gasteiger partial charge in [-0.15, -0.1) is 0 Å². The number of phenolic OH excluding ortho intramolecular Hbond substituents is 1. The van der Waals surface area contributed by atoms with Crippen molar-refractivity contribution in [1.82, 2.24) is 5.32 Å². The van der Waals surface area contributed by atoms with Gasteiger partial charge in [-0.25, -0.2) is 0 Å². The molecule has 10 nitrogen and oxygen atoms in total. The summed E-state index contributed by atoms with van der Waals surface area (Å²) in [5.41, 5.74) is 4.59. The molecular weight excluding hydrogens is 454 g/mol. The van der Waals surface area contributed by atoms with Crippen LogP contribution >= 0.6 is 0 Å². The third-order valence-electron chi connectivity index (χ3n) is 7.67. The van der Waals surface area contributed by atoms with E-state index in [-0.39, 0.29) is 29.7 Å². The average molecular weight is 488 g/mol. The van der Waals surface area contributed by atoms with Gasteiger partial charge in [0.1, 0.15) is 17.4 Å². The molecular formula is C25H33N3O7. The number of hydrogen-bond acceptors (Lipinski definition) is 9. The lowest BCUT2D eigenvalue weighted by Crippen LogP contribution is -2.63. The molecule has 0 heterocycles. The second kappa shape index (κ2) is 8.92. The van der Waals surface area contributed by atoms with Crippen LogP contribution in [0.3, 0.4) is 0 Å². The van der Waals surface area contributed by atoms with Crippen molar-refractivity contribution in [1.29, 1.82) is 0 Å². The number of amides is 1. The molecule has 1 aromatic carbocycles. The normalized spacial score (nSPS) is 30.0. The molecule has 0 aliphatic heterocycles. The van der Waals surface area contributed by atoms with Crippen LogP contribution in [0.15, 0.2) is 17.4 Å². The first-order valence-electron chi connectivity index (χ1n) is 11.9. The summed E-state index contributed by atoms with van der Waals surface area (Å²) in [4.78, 5) is 40.5. The fourth-order valence-electron chi connectivity index (χ4n) is 5.96. The molecule has 0 bridgehead atoms. The first kappa shape index (κ1) is 25.2. The number of hydrogen-bond donors (Lipinski definition) is 6. The highest BCUT2D eigenvalue weighted by Gasteiger charge is 2.62. The molecule has 35 heavy (non-hydrogen) atoms. The first-order chi connectivity index (χ1) is 16.4. The van der Waals surface area contributed by atoms with Gasteiger partial charge in [0.05, 0.1) is 11.7 Å². The van der Waals surface area contributed by atoms with Crippen LogP contribution < -0.4 is 16.0 Å². The lowest BCUT2D eigenvalue weighted by Gasteiger charge is -2.48. The van der Waals surface area contributed by atoms with E-state index in [1.54, 1.807) is 0 Å². The fraction of sp³-hybridized carbons (Fsp3) is 0.560. The number of ketones is 2. The minimum atomic E-state index is -2.50. The lowest BCUT2D eigenvalue weighted by molar-refractivity contribution is -0.167. The Bertz CT molecular complexity index is 1130. The Hall–Kier alpha value is -2.95. The number of nitrogens with one attached hydrogen (secondary N) is 1. The molecule has 0 saturated heterocycles. The van der Waals surface area contributed by atoms with Crippen LogP contribution in [0.5, 0.6) is 5.75 Å². The number of nitrogens with zero attached hydrogens (tertiary/aromatic N) is 1. The molecule has 3 aliphatic carbocycles. The van der Waals surface area contributed by atoms with Gasteiger partial charge in [0.2, 0.25) is 5.91 Å². The zero-order valence-corrected chi connectivity index (χ0v) is 20.2.